The number of carbonyl (C=O) groups excluding carboxylic acids is 2. The lowest BCUT2D eigenvalue weighted by atomic mass is 9.91. The summed E-state index contributed by atoms with van der Waals surface area (Å²) in [6.45, 7) is 2.45. The van der Waals surface area contributed by atoms with Crippen LogP contribution in [0, 0.1) is 5.82 Å². The highest BCUT2D eigenvalue weighted by Crippen LogP contribution is 2.24. The van der Waals surface area contributed by atoms with Gasteiger partial charge in [-0.2, -0.15) is 5.10 Å². The second-order valence-corrected chi connectivity index (χ2v) is 6.60. The Labute approximate surface area is 148 Å². The minimum absolute atomic E-state index is 0.0349. The quantitative estimate of drug-likeness (QED) is 0.774. The van der Waals surface area contributed by atoms with E-state index in [1.54, 1.807) is 24.5 Å². The molecule has 1 aromatic carbocycles. The van der Waals surface area contributed by atoms with Crippen molar-refractivity contribution in [1.29, 1.82) is 0 Å². The second kappa shape index (κ2) is 5.91. The Hall–Kier alpha value is -3.29. The monoisotopic (exact) mass is 353 g/mol. The molecule has 132 valence electrons. The maximum atomic E-state index is 13.8. The number of fused-ring (bicyclic) bond motifs is 1. The summed E-state index contributed by atoms with van der Waals surface area (Å²) < 4.78 is 15.3. The van der Waals surface area contributed by atoms with Crippen LogP contribution < -0.4 is 5.32 Å². The number of nitrogens with one attached hydrogen (secondary N) is 1. The molecule has 0 bridgehead atoms. The highest BCUT2D eigenvalue weighted by atomic mass is 19.1. The van der Waals surface area contributed by atoms with E-state index < -0.39 is 11.4 Å². The van der Waals surface area contributed by atoms with Gasteiger partial charge in [-0.15, -0.1) is 0 Å². The molecule has 7 nitrogen and oxygen atoms in total. The third-order valence-electron chi connectivity index (χ3n) is 4.41. The maximum Gasteiger partial charge on any atom is 0.257 e. The van der Waals surface area contributed by atoms with Crippen LogP contribution in [0.25, 0.3) is 5.65 Å². The summed E-state index contributed by atoms with van der Waals surface area (Å²) in [7, 11) is 0. The molecule has 0 saturated carbocycles. The average molecular weight is 353 g/mol. The van der Waals surface area contributed by atoms with Gasteiger partial charge >= 0.3 is 0 Å². The van der Waals surface area contributed by atoms with Gasteiger partial charge in [0.25, 0.3) is 11.8 Å². The van der Waals surface area contributed by atoms with Crippen LogP contribution >= 0.6 is 0 Å². The van der Waals surface area contributed by atoms with E-state index in [2.05, 4.69) is 15.4 Å². The first-order chi connectivity index (χ1) is 12.5. The molecular weight excluding hydrogens is 337 g/mol. The summed E-state index contributed by atoms with van der Waals surface area (Å²) in [4.78, 5) is 30.6. The van der Waals surface area contributed by atoms with Crippen LogP contribution in [-0.4, -0.2) is 49.9 Å². The molecule has 1 aliphatic rings. The molecule has 3 heterocycles. The van der Waals surface area contributed by atoms with E-state index in [4.69, 9.17) is 0 Å². The first-order valence-corrected chi connectivity index (χ1v) is 8.11. The zero-order valence-corrected chi connectivity index (χ0v) is 14.0. The summed E-state index contributed by atoms with van der Waals surface area (Å²) in [6, 6.07) is 7.59. The van der Waals surface area contributed by atoms with E-state index in [0.717, 1.165) is 0 Å². The number of benzene rings is 1. The van der Waals surface area contributed by atoms with Crippen LogP contribution in [0.15, 0.2) is 48.9 Å². The zero-order valence-electron chi connectivity index (χ0n) is 14.0. The van der Waals surface area contributed by atoms with Gasteiger partial charge in [0.15, 0.2) is 5.65 Å². The fraction of sp³-hybridized carbons (Fsp3) is 0.222. The van der Waals surface area contributed by atoms with Gasteiger partial charge in [-0.1, -0.05) is 12.1 Å². The van der Waals surface area contributed by atoms with Crippen molar-refractivity contribution < 1.29 is 14.0 Å². The average Bonchev–Trinajstić information content (AvgIpc) is 3.03. The van der Waals surface area contributed by atoms with Crippen molar-refractivity contribution >= 4 is 17.5 Å². The lowest BCUT2D eigenvalue weighted by Gasteiger charge is -2.48. The molecule has 1 saturated heterocycles. The highest BCUT2D eigenvalue weighted by Gasteiger charge is 2.43. The summed E-state index contributed by atoms with van der Waals surface area (Å²) >= 11 is 0. The number of carbonyl (C=O) groups is 2. The molecule has 0 radical (unpaired) electrons. The van der Waals surface area contributed by atoms with E-state index >= 15 is 0 Å². The van der Waals surface area contributed by atoms with Crippen molar-refractivity contribution in [1.82, 2.24) is 24.8 Å². The number of hydrogen-bond donors (Lipinski definition) is 1. The molecule has 1 N–H and O–H groups in total. The number of amides is 2. The van der Waals surface area contributed by atoms with Crippen LogP contribution in [0.3, 0.4) is 0 Å². The Balaban J connectivity index is 1.45. The normalized spacial score (nSPS) is 15.5. The Bertz CT molecular complexity index is 1010. The van der Waals surface area contributed by atoms with E-state index in [1.165, 1.54) is 33.8 Å². The van der Waals surface area contributed by atoms with Gasteiger partial charge in [-0.05, 0) is 25.1 Å². The van der Waals surface area contributed by atoms with Crippen molar-refractivity contribution in [3.8, 4) is 0 Å². The summed E-state index contributed by atoms with van der Waals surface area (Å²) in [5.41, 5.74) is 0.284. The lowest BCUT2D eigenvalue weighted by Crippen LogP contribution is -2.69. The van der Waals surface area contributed by atoms with Gasteiger partial charge in [0.2, 0.25) is 0 Å². The molecule has 0 atom stereocenters. The Morgan fingerprint density at radius 2 is 1.96 bits per heavy atom. The highest BCUT2D eigenvalue weighted by molar-refractivity contribution is 6.00. The Morgan fingerprint density at radius 1 is 1.19 bits per heavy atom. The van der Waals surface area contributed by atoms with Crippen LogP contribution in [-0.2, 0) is 0 Å². The zero-order chi connectivity index (χ0) is 18.3. The molecule has 2 aromatic heterocycles. The summed E-state index contributed by atoms with van der Waals surface area (Å²) in [6.07, 6.45) is 4.76. The minimum atomic E-state index is -0.582. The molecule has 3 aromatic rings. The Kier molecular flexibility index (Phi) is 3.68. The molecule has 1 aliphatic heterocycles. The molecule has 26 heavy (non-hydrogen) atoms. The van der Waals surface area contributed by atoms with Crippen LogP contribution in [0.2, 0.25) is 0 Å². The number of halogens is 1. The van der Waals surface area contributed by atoms with Crippen molar-refractivity contribution in [2.75, 3.05) is 13.1 Å². The van der Waals surface area contributed by atoms with Crippen molar-refractivity contribution in [3.63, 3.8) is 0 Å². The number of rotatable bonds is 3. The predicted molar refractivity (Wildman–Crippen MR) is 91.2 cm³/mol. The third kappa shape index (κ3) is 2.69. The summed E-state index contributed by atoms with van der Waals surface area (Å²) in [5, 5.41) is 7.01. The van der Waals surface area contributed by atoms with Crippen molar-refractivity contribution in [3.05, 3.63) is 65.9 Å². The predicted octanol–water partition coefficient (Wildman–Crippen LogP) is 1.51. The molecule has 0 unspecified atom stereocenters. The van der Waals surface area contributed by atoms with Gasteiger partial charge < -0.3 is 10.2 Å². The first-order valence-electron chi connectivity index (χ1n) is 8.11. The number of nitrogens with zero attached hydrogens (tertiary/aromatic N) is 4. The minimum Gasteiger partial charge on any atom is -0.343 e. The maximum absolute atomic E-state index is 13.8. The molecular formula is C18H16FN5O2. The molecule has 2 amide bonds. The molecule has 0 aliphatic carbocycles. The first kappa shape index (κ1) is 16.2. The number of likely N-dealkylation sites (tertiary alicyclic amines) is 1. The topological polar surface area (TPSA) is 79.6 Å². The van der Waals surface area contributed by atoms with Crippen molar-refractivity contribution in [2.45, 2.75) is 12.5 Å². The van der Waals surface area contributed by atoms with E-state index in [1.807, 2.05) is 6.92 Å². The molecule has 8 heteroatoms. The standard InChI is InChI=1S/C18H16FN5O2/c1-18(10-23(11-18)17(26)12-5-2-3-6-14(12)19)22-16(25)13-9-21-24-8-4-7-20-15(13)24/h2-9H,10-11H2,1H3,(H,22,25). The molecule has 1 fully saturated rings. The van der Waals surface area contributed by atoms with Crippen LogP contribution in [0.5, 0.6) is 0 Å². The smallest absolute Gasteiger partial charge is 0.257 e. The SMILES string of the molecule is CC1(NC(=O)c2cnn3cccnc23)CN(C(=O)c2ccccc2F)C1. The largest absolute Gasteiger partial charge is 0.343 e. The van der Waals surface area contributed by atoms with Crippen LogP contribution in [0.4, 0.5) is 4.39 Å². The van der Waals surface area contributed by atoms with Gasteiger partial charge in [0, 0.05) is 25.5 Å². The molecule has 4 rings (SSSR count). The summed E-state index contributed by atoms with van der Waals surface area (Å²) in [5.74, 6) is -1.24. The van der Waals surface area contributed by atoms with E-state index in [-0.39, 0.29) is 17.4 Å². The van der Waals surface area contributed by atoms with Crippen molar-refractivity contribution in [2.24, 2.45) is 0 Å². The second-order valence-electron chi connectivity index (χ2n) is 6.60. The van der Waals surface area contributed by atoms with Gasteiger partial charge in [-0.3, -0.25) is 9.59 Å². The third-order valence-corrected chi connectivity index (χ3v) is 4.41. The lowest BCUT2D eigenvalue weighted by molar-refractivity contribution is 0.0327. The van der Waals surface area contributed by atoms with Gasteiger partial charge in [0.1, 0.15) is 11.4 Å². The van der Waals surface area contributed by atoms with Gasteiger partial charge in [0.05, 0.1) is 17.3 Å². The Morgan fingerprint density at radius 3 is 2.73 bits per heavy atom. The fourth-order valence-corrected chi connectivity index (χ4v) is 3.15. The van der Waals surface area contributed by atoms with Crippen LogP contribution in [0.1, 0.15) is 27.6 Å². The number of hydrogen-bond acceptors (Lipinski definition) is 4. The number of aromatic nitrogens is 3. The van der Waals surface area contributed by atoms with E-state index in [0.29, 0.717) is 24.3 Å². The molecule has 0 spiro atoms. The fourth-order valence-electron chi connectivity index (χ4n) is 3.15. The van der Waals surface area contributed by atoms with Gasteiger partial charge in [-0.25, -0.2) is 13.9 Å². The van der Waals surface area contributed by atoms with E-state index in [9.17, 15) is 14.0 Å².